The second-order valence-electron chi connectivity index (χ2n) is 7.06. The maximum atomic E-state index is 12.4. The van der Waals surface area contributed by atoms with E-state index in [1.54, 1.807) is 6.07 Å². The number of carbonyl (C=O) groups excluding carboxylic acids is 1. The first kappa shape index (κ1) is 16.9. The molecule has 1 aromatic carbocycles. The minimum Gasteiger partial charge on any atom is -0.454 e. The van der Waals surface area contributed by atoms with Crippen LogP contribution in [0.4, 0.5) is 0 Å². The van der Waals surface area contributed by atoms with Gasteiger partial charge in [0.2, 0.25) is 0 Å². The molecular weight excluding hydrogens is 326 g/mol. The molecule has 1 atom stereocenters. The Hall–Kier alpha value is -2.53. The summed E-state index contributed by atoms with van der Waals surface area (Å²) in [6.07, 6.45) is 5.71. The van der Waals surface area contributed by atoms with E-state index in [1.807, 2.05) is 30.5 Å². The molecule has 136 valence electrons. The van der Waals surface area contributed by atoms with Crippen molar-refractivity contribution in [2.75, 3.05) is 13.1 Å². The van der Waals surface area contributed by atoms with Crippen LogP contribution in [0.1, 0.15) is 54.1 Å². The van der Waals surface area contributed by atoms with E-state index in [0.717, 1.165) is 35.3 Å². The third-order valence-corrected chi connectivity index (χ3v) is 5.27. The topological polar surface area (TPSA) is 61.3 Å². The fourth-order valence-corrected chi connectivity index (χ4v) is 3.67. The van der Waals surface area contributed by atoms with Gasteiger partial charge in [-0.25, -0.2) is 0 Å². The summed E-state index contributed by atoms with van der Waals surface area (Å²) in [6, 6.07) is 12.1. The Morgan fingerprint density at radius 3 is 2.88 bits per heavy atom. The van der Waals surface area contributed by atoms with Crippen molar-refractivity contribution in [2.45, 2.75) is 38.8 Å². The van der Waals surface area contributed by atoms with Crippen LogP contribution in [0, 0.1) is 0 Å². The maximum Gasteiger partial charge on any atom is 0.287 e. The van der Waals surface area contributed by atoms with Crippen LogP contribution < -0.4 is 5.32 Å². The van der Waals surface area contributed by atoms with Gasteiger partial charge in [0.15, 0.2) is 5.76 Å². The molecule has 5 nitrogen and oxygen atoms in total. The van der Waals surface area contributed by atoms with Gasteiger partial charge in [0.1, 0.15) is 5.76 Å². The molecule has 1 saturated heterocycles. The Bertz CT molecular complexity index is 889. The van der Waals surface area contributed by atoms with Crippen LogP contribution >= 0.6 is 0 Å². The van der Waals surface area contributed by atoms with Crippen LogP contribution in [-0.4, -0.2) is 28.9 Å². The lowest BCUT2D eigenvalue weighted by Crippen LogP contribution is -2.32. The van der Waals surface area contributed by atoms with Crippen molar-refractivity contribution in [3.05, 3.63) is 59.7 Å². The molecule has 3 heterocycles. The Kier molecular flexibility index (Phi) is 4.80. The smallest absolute Gasteiger partial charge is 0.287 e. The fraction of sp³-hybridized carbons (Fsp3) is 0.381. The Balaban J connectivity index is 1.38. The summed E-state index contributed by atoms with van der Waals surface area (Å²) >= 11 is 0. The second kappa shape index (κ2) is 7.38. The van der Waals surface area contributed by atoms with Gasteiger partial charge in [-0.15, -0.1) is 0 Å². The number of nitrogens with zero attached hydrogens (tertiary/aromatic N) is 1. The van der Waals surface area contributed by atoms with Crippen LogP contribution in [0.2, 0.25) is 0 Å². The van der Waals surface area contributed by atoms with E-state index in [9.17, 15) is 4.79 Å². The zero-order valence-corrected chi connectivity index (χ0v) is 15.1. The van der Waals surface area contributed by atoms with E-state index in [2.05, 4.69) is 28.2 Å². The van der Waals surface area contributed by atoms with Crippen molar-refractivity contribution in [3.63, 3.8) is 0 Å². The lowest BCUT2D eigenvalue weighted by molar-refractivity contribution is 0.0914. The number of amides is 1. The van der Waals surface area contributed by atoms with Crippen molar-refractivity contribution in [3.8, 4) is 0 Å². The molecule has 0 aliphatic carbocycles. The lowest BCUT2D eigenvalue weighted by Gasteiger charge is -2.31. The fourth-order valence-electron chi connectivity index (χ4n) is 3.67. The summed E-state index contributed by atoms with van der Waals surface area (Å²) in [6.45, 7) is 4.84. The van der Waals surface area contributed by atoms with E-state index in [1.165, 1.54) is 19.3 Å². The quantitative estimate of drug-likeness (QED) is 0.723. The molecule has 5 heteroatoms. The number of H-pyrrole nitrogens is 1. The normalized spacial score (nSPS) is 16.7. The number of aromatic amines is 1. The average Bonchev–Trinajstić information content (AvgIpc) is 3.35. The van der Waals surface area contributed by atoms with Crippen LogP contribution in [-0.2, 0) is 6.54 Å². The molecule has 26 heavy (non-hydrogen) atoms. The highest BCUT2D eigenvalue weighted by molar-refractivity contribution is 5.91. The highest BCUT2D eigenvalue weighted by atomic mass is 16.4. The largest absolute Gasteiger partial charge is 0.454 e. The highest BCUT2D eigenvalue weighted by Crippen LogP contribution is 2.25. The van der Waals surface area contributed by atoms with Crippen molar-refractivity contribution >= 4 is 16.8 Å². The van der Waals surface area contributed by atoms with Crippen LogP contribution in [0.3, 0.4) is 0 Å². The number of aromatic nitrogens is 1. The van der Waals surface area contributed by atoms with Gasteiger partial charge in [-0.05, 0) is 74.1 Å². The van der Waals surface area contributed by atoms with Gasteiger partial charge in [0.05, 0.1) is 6.04 Å². The molecule has 0 spiro atoms. The van der Waals surface area contributed by atoms with Crippen LogP contribution in [0.25, 0.3) is 10.9 Å². The van der Waals surface area contributed by atoms with E-state index >= 15 is 0 Å². The predicted octanol–water partition coefficient (Wildman–Crippen LogP) is 4.24. The molecule has 3 aromatic rings. The monoisotopic (exact) mass is 351 g/mol. The zero-order chi connectivity index (χ0) is 17.9. The summed E-state index contributed by atoms with van der Waals surface area (Å²) in [7, 11) is 0. The van der Waals surface area contributed by atoms with Crippen molar-refractivity contribution in [2.24, 2.45) is 0 Å². The number of nitrogens with one attached hydrogen (secondary N) is 2. The van der Waals surface area contributed by atoms with Crippen molar-refractivity contribution in [1.29, 1.82) is 0 Å². The number of fused-ring (bicyclic) bond motifs is 1. The number of furan rings is 1. The second-order valence-corrected chi connectivity index (χ2v) is 7.06. The van der Waals surface area contributed by atoms with Crippen LogP contribution in [0.5, 0.6) is 0 Å². The molecule has 1 fully saturated rings. The summed E-state index contributed by atoms with van der Waals surface area (Å²) < 4.78 is 5.85. The van der Waals surface area contributed by atoms with Crippen LogP contribution in [0.15, 0.2) is 47.0 Å². The summed E-state index contributed by atoms with van der Waals surface area (Å²) in [5.74, 6) is 1.08. The van der Waals surface area contributed by atoms with E-state index in [0.29, 0.717) is 12.3 Å². The number of hydrogen-bond acceptors (Lipinski definition) is 3. The summed E-state index contributed by atoms with van der Waals surface area (Å²) in [4.78, 5) is 18.0. The first-order valence-corrected chi connectivity index (χ1v) is 9.39. The molecule has 2 N–H and O–H groups in total. The number of benzene rings is 1. The van der Waals surface area contributed by atoms with E-state index < -0.39 is 0 Å². The Labute approximate surface area is 153 Å². The van der Waals surface area contributed by atoms with Gasteiger partial charge < -0.3 is 14.7 Å². The molecule has 0 bridgehead atoms. The molecule has 1 aliphatic heterocycles. The number of piperidine rings is 1. The van der Waals surface area contributed by atoms with E-state index in [-0.39, 0.29) is 11.9 Å². The number of carbonyl (C=O) groups is 1. The SMILES string of the molecule is C[C@@H](c1ccc(C(=O)NCc2ccc3[nH]ccc3c2)o1)N1CCCCC1. The molecule has 1 amide bonds. The number of likely N-dealkylation sites (tertiary alicyclic amines) is 1. The maximum absolute atomic E-state index is 12.4. The summed E-state index contributed by atoms with van der Waals surface area (Å²) in [5.41, 5.74) is 2.17. The summed E-state index contributed by atoms with van der Waals surface area (Å²) in [5, 5.41) is 4.09. The number of hydrogen-bond donors (Lipinski definition) is 2. The third-order valence-electron chi connectivity index (χ3n) is 5.27. The first-order valence-electron chi connectivity index (χ1n) is 9.39. The molecule has 2 aromatic heterocycles. The van der Waals surface area contributed by atoms with Crippen molar-refractivity contribution in [1.82, 2.24) is 15.2 Å². The third kappa shape index (κ3) is 3.53. The molecular formula is C21H25N3O2. The lowest BCUT2D eigenvalue weighted by atomic mass is 10.1. The van der Waals surface area contributed by atoms with Gasteiger partial charge >= 0.3 is 0 Å². The minimum atomic E-state index is -0.170. The molecule has 0 unspecified atom stereocenters. The predicted molar refractivity (Wildman–Crippen MR) is 102 cm³/mol. The minimum absolute atomic E-state index is 0.170. The highest BCUT2D eigenvalue weighted by Gasteiger charge is 2.22. The van der Waals surface area contributed by atoms with Gasteiger partial charge in [-0.1, -0.05) is 12.5 Å². The Morgan fingerprint density at radius 1 is 1.19 bits per heavy atom. The average molecular weight is 351 g/mol. The van der Waals surface area contributed by atoms with Gasteiger partial charge in [0.25, 0.3) is 5.91 Å². The molecule has 0 saturated carbocycles. The van der Waals surface area contributed by atoms with Crippen molar-refractivity contribution < 1.29 is 9.21 Å². The molecule has 4 rings (SSSR count). The molecule has 1 aliphatic rings. The standard InChI is InChI=1S/C21H25N3O2/c1-15(24-11-3-2-4-12-24)19-7-8-20(26-19)21(25)23-14-16-5-6-18-17(13-16)9-10-22-18/h5-10,13,15,22H,2-4,11-12,14H2,1H3,(H,23,25)/t15-/m0/s1. The van der Waals surface area contributed by atoms with E-state index in [4.69, 9.17) is 4.42 Å². The number of rotatable bonds is 5. The van der Waals surface area contributed by atoms with Gasteiger partial charge in [0, 0.05) is 18.3 Å². The molecule has 0 radical (unpaired) electrons. The first-order chi connectivity index (χ1) is 12.7. The Morgan fingerprint density at radius 2 is 2.04 bits per heavy atom. The van der Waals surface area contributed by atoms with Gasteiger partial charge in [-0.2, -0.15) is 0 Å². The zero-order valence-electron chi connectivity index (χ0n) is 15.1. The van der Waals surface area contributed by atoms with Gasteiger partial charge in [-0.3, -0.25) is 9.69 Å².